The minimum Gasteiger partial charge on any atom is -0.325 e. The summed E-state index contributed by atoms with van der Waals surface area (Å²) in [6, 6.07) is 7.38. The van der Waals surface area contributed by atoms with Gasteiger partial charge >= 0.3 is 6.18 Å². The van der Waals surface area contributed by atoms with Gasteiger partial charge < -0.3 is 10.6 Å². The average Bonchev–Trinajstić information content (AvgIpc) is 2.74. The van der Waals surface area contributed by atoms with Crippen molar-refractivity contribution in [2.24, 2.45) is 5.92 Å². The number of carbonyl (C=O) groups is 2. The van der Waals surface area contributed by atoms with Crippen molar-refractivity contribution in [1.82, 2.24) is 9.88 Å². The minimum atomic E-state index is -4.42. The normalized spacial score (nSPS) is 16.5. The number of pyridine rings is 1. The number of anilines is 2. The number of nitrogens with one attached hydrogen (secondary N) is 2. The number of carbonyl (C=O) groups excluding carboxylic acids is 2. The third-order valence-electron chi connectivity index (χ3n) is 5.29. The fraction of sp³-hybridized carbons (Fsp3) is 0.381. The van der Waals surface area contributed by atoms with E-state index in [0.717, 1.165) is 16.6 Å². The number of piperidine rings is 1. The Morgan fingerprint density at radius 1 is 1.10 bits per heavy atom. The molecule has 0 bridgehead atoms. The molecule has 0 aliphatic carbocycles. The van der Waals surface area contributed by atoms with Gasteiger partial charge in [0.05, 0.1) is 11.6 Å². The van der Waals surface area contributed by atoms with Crippen LogP contribution in [-0.4, -0.2) is 40.8 Å². The SMILES string of the molecule is CC(C(=O)Nc1ccc(C(F)(F)F)cc1)N1CCC(C(=O)Nc2ccc(Br)cn2)CC1. The monoisotopic (exact) mass is 498 g/mol. The van der Waals surface area contributed by atoms with Gasteiger partial charge in [0.15, 0.2) is 0 Å². The third kappa shape index (κ3) is 6.27. The molecule has 1 saturated heterocycles. The van der Waals surface area contributed by atoms with Crippen molar-refractivity contribution >= 4 is 39.2 Å². The Kier molecular flexibility index (Phi) is 7.32. The summed E-state index contributed by atoms with van der Waals surface area (Å²) >= 11 is 3.29. The number of rotatable bonds is 5. The van der Waals surface area contributed by atoms with Crippen LogP contribution in [0.2, 0.25) is 0 Å². The summed E-state index contributed by atoms with van der Waals surface area (Å²) in [7, 11) is 0. The molecule has 2 amide bonds. The van der Waals surface area contributed by atoms with Gasteiger partial charge in [-0.25, -0.2) is 4.98 Å². The predicted octanol–water partition coefficient (Wildman–Crippen LogP) is 4.54. The van der Waals surface area contributed by atoms with Gasteiger partial charge in [-0.3, -0.25) is 14.5 Å². The number of halogens is 4. The lowest BCUT2D eigenvalue weighted by Gasteiger charge is -2.34. The molecule has 2 aromatic rings. The van der Waals surface area contributed by atoms with E-state index in [1.807, 2.05) is 4.90 Å². The summed E-state index contributed by atoms with van der Waals surface area (Å²) in [5, 5.41) is 5.45. The Labute approximate surface area is 186 Å². The maximum atomic E-state index is 12.7. The van der Waals surface area contributed by atoms with Crippen LogP contribution in [0.1, 0.15) is 25.3 Å². The minimum absolute atomic E-state index is 0.101. The summed E-state index contributed by atoms with van der Waals surface area (Å²) in [4.78, 5) is 31.1. The molecule has 166 valence electrons. The maximum Gasteiger partial charge on any atom is 0.416 e. The summed E-state index contributed by atoms with van der Waals surface area (Å²) in [6.07, 6.45) is -1.62. The van der Waals surface area contributed by atoms with Crippen LogP contribution in [0.15, 0.2) is 47.1 Å². The van der Waals surface area contributed by atoms with Crippen molar-refractivity contribution < 1.29 is 22.8 Å². The van der Waals surface area contributed by atoms with Gasteiger partial charge in [0.2, 0.25) is 11.8 Å². The van der Waals surface area contributed by atoms with Crippen LogP contribution in [0.5, 0.6) is 0 Å². The first-order valence-electron chi connectivity index (χ1n) is 9.78. The van der Waals surface area contributed by atoms with Crippen LogP contribution in [0.3, 0.4) is 0 Å². The lowest BCUT2D eigenvalue weighted by molar-refractivity contribution is -0.137. The van der Waals surface area contributed by atoms with Crippen LogP contribution in [0.4, 0.5) is 24.7 Å². The van der Waals surface area contributed by atoms with E-state index in [-0.39, 0.29) is 17.7 Å². The Hall–Kier alpha value is -2.46. The number of hydrogen-bond acceptors (Lipinski definition) is 4. The average molecular weight is 499 g/mol. The molecule has 6 nitrogen and oxygen atoms in total. The van der Waals surface area contributed by atoms with E-state index in [1.54, 1.807) is 25.3 Å². The van der Waals surface area contributed by atoms with E-state index in [9.17, 15) is 22.8 Å². The molecule has 1 aliphatic rings. The summed E-state index contributed by atoms with van der Waals surface area (Å²) in [6.45, 7) is 2.87. The zero-order chi connectivity index (χ0) is 22.6. The van der Waals surface area contributed by atoms with Crippen molar-refractivity contribution in [1.29, 1.82) is 0 Å². The largest absolute Gasteiger partial charge is 0.416 e. The number of benzene rings is 1. The van der Waals surface area contributed by atoms with E-state index in [4.69, 9.17) is 0 Å². The molecule has 0 radical (unpaired) electrons. The van der Waals surface area contributed by atoms with Gasteiger partial charge in [-0.2, -0.15) is 13.2 Å². The van der Waals surface area contributed by atoms with Gasteiger partial charge in [0.1, 0.15) is 5.82 Å². The fourth-order valence-electron chi connectivity index (χ4n) is 3.38. The molecular weight excluding hydrogens is 477 g/mol. The molecule has 10 heteroatoms. The fourth-order valence-corrected chi connectivity index (χ4v) is 3.62. The number of nitrogens with zero attached hydrogens (tertiary/aromatic N) is 2. The third-order valence-corrected chi connectivity index (χ3v) is 5.76. The second-order valence-electron chi connectivity index (χ2n) is 7.40. The molecule has 2 N–H and O–H groups in total. The zero-order valence-electron chi connectivity index (χ0n) is 16.7. The zero-order valence-corrected chi connectivity index (χ0v) is 18.3. The first-order chi connectivity index (χ1) is 14.6. The highest BCUT2D eigenvalue weighted by Crippen LogP contribution is 2.30. The Morgan fingerprint density at radius 3 is 2.29 bits per heavy atom. The van der Waals surface area contributed by atoms with E-state index in [1.165, 1.54) is 12.1 Å². The highest BCUT2D eigenvalue weighted by atomic mass is 79.9. The number of likely N-dealkylation sites (tertiary alicyclic amines) is 1. The summed E-state index contributed by atoms with van der Waals surface area (Å²) in [5.41, 5.74) is -0.460. The van der Waals surface area contributed by atoms with E-state index in [2.05, 4.69) is 31.5 Å². The van der Waals surface area contributed by atoms with Gasteiger partial charge in [0.25, 0.3) is 0 Å². The van der Waals surface area contributed by atoms with Crippen molar-refractivity contribution in [2.75, 3.05) is 23.7 Å². The molecule has 0 saturated carbocycles. The Bertz CT molecular complexity index is 912. The highest BCUT2D eigenvalue weighted by molar-refractivity contribution is 9.10. The van der Waals surface area contributed by atoms with Crippen molar-refractivity contribution in [3.05, 3.63) is 52.6 Å². The number of amides is 2. The van der Waals surface area contributed by atoms with Crippen LogP contribution in [0.25, 0.3) is 0 Å². The first kappa shape index (κ1) is 23.2. The predicted molar refractivity (Wildman–Crippen MR) is 114 cm³/mol. The molecule has 1 atom stereocenters. The lowest BCUT2D eigenvalue weighted by Crippen LogP contribution is -2.47. The molecule has 0 spiro atoms. The van der Waals surface area contributed by atoms with E-state index in [0.29, 0.717) is 37.4 Å². The second-order valence-corrected chi connectivity index (χ2v) is 8.32. The van der Waals surface area contributed by atoms with Crippen molar-refractivity contribution in [3.8, 4) is 0 Å². The smallest absolute Gasteiger partial charge is 0.325 e. The van der Waals surface area contributed by atoms with Gasteiger partial charge in [-0.15, -0.1) is 0 Å². The molecule has 1 unspecified atom stereocenters. The number of aromatic nitrogens is 1. The molecule has 2 heterocycles. The molecule has 1 aliphatic heterocycles. The summed E-state index contributed by atoms with van der Waals surface area (Å²) < 4.78 is 38.8. The first-order valence-corrected chi connectivity index (χ1v) is 10.6. The van der Waals surface area contributed by atoms with Crippen LogP contribution in [0, 0.1) is 5.92 Å². The molecule has 1 fully saturated rings. The topological polar surface area (TPSA) is 74.3 Å². The van der Waals surface area contributed by atoms with E-state index >= 15 is 0 Å². The van der Waals surface area contributed by atoms with Crippen molar-refractivity contribution in [3.63, 3.8) is 0 Å². The summed E-state index contributed by atoms with van der Waals surface area (Å²) in [5.74, 6) is -0.0927. The van der Waals surface area contributed by atoms with Gasteiger partial charge in [0, 0.05) is 22.3 Å². The standard InChI is InChI=1S/C21H22BrF3N4O2/c1-13(19(30)27-17-5-2-15(3-6-17)21(23,24)25)29-10-8-14(9-11-29)20(31)28-18-7-4-16(22)12-26-18/h2-7,12-14H,8-11H2,1H3,(H,27,30)(H,26,28,31). The van der Waals surface area contributed by atoms with Crippen LogP contribution < -0.4 is 10.6 Å². The number of alkyl halides is 3. The quantitative estimate of drug-likeness (QED) is 0.634. The Morgan fingerprint density at radius 2 is 1.74 bits per heavy atom. The molecule has 3 rings (SSSR count). The molecular formula is C21H22BrF3N4O2. The Balaban J connectivity index is 1.48. The second kappa shape index (κ2) is 9.78. The van der Waals surface area contributed by atoms with Crippen LogP contribution >= 0.6 is 15.9 Å². The lowest BCUT2D eigenvalue weighted by atomic mass is 9.95. The van der Waals surface area contributed by atoms with E-state index < -0.39 is 17.8 Å². The van der Waals surface area contributed by atoms with Crippen LogP contribution in [-0.2, 0) is 15.8 Å². The highest BCUT2D eigenvalue weighted by Gasteiger charge is 2.31. The molecule has 31 heavy (non-hydrogen) atoms. The maximum absolute atomic E-state index is 12.7. The molecule has 1 aromatic heterocycles. The molecule has 1 aromatic carbocycles. The van der Waals surface area contributed by atoms with Crippen molar-refractivity contribution in [2.45, 2.75) is 32.0 Å². The van der Waals surface area contributed by atoms with Gasteiger partial charge in [-0.1, -0.05) is 0 Å². The number of hydrogen-bond donors (Lipinski definition) is 2. The van der Waals surface area contributed by atoms with Gasteiger partial charge in [-0.05, 0) is 85.2 Å².